The van der Waals surface area contributed by atoms with Crippen LogP contribution in [0, 0.1) is 6.92 Å². The summed E-state index contributed by atoms with van der Waals surface area (Å²) in [5, 5.41) is 2.88. The van der Waals surface area contributed by atoms with E-state index in [1.165, 1.54) is 11.6 Å². The lowest BCUT2D eigenvalue weighted by Crippen LogP contribution is -2.10. The van der Waals surface area contributed by atoms with Gasteiger partial charge in [0, 0.05) is 24.0 Å². The monoisotopic (exact) mass is 359 g/mol. The van der Waals surface area contributed by atoms with E-state index in [4.69, 9.17) is 0 Å². The van der Waals surface area contributed by atoms with Crippen molar-refractivity contribution in [3.05, 3.63) is 78.5 Å². The number of nitrogens with one attached hydrogen (secondary N) is 2. The average Bonchev–Trinajstić information content (AvgIpc) is 3.13. The van der Waals surface area contributed by atoms with E-state index < -0.39 is 0 Å². The predicted molar refractivity (Wildman–Crippen MR) is 113 cm³/mol. The van der Waals surface area contributed by atoms with Crippen molar-refractivity contribution in [2.45, 2.75) is 13.5 Å². The largest absolute Gasteiger partial charge is 0.361 e. The maximum absolute atomic E-state index is 11.7. The van der Waals surface area contributed by atoms with Crippen molar-refractivity contribution in [3.63, 3.8) is 0 Å². The highest BCUT2D eigenvalue weighted by Gasteiger charge is 2.11. The number of carbonyl (C=O) groups is 1. The van der Waals surface area contributed by atoms with Crippen LogP contribution < -0.4 is 5.32 Å². The molecule has 27 heavy (non-hydrogen) atoms. The Morgan fingerprint density at radius 1 is 1.11 bits per heavy atom. The van der Waals surface area contributed by atoms with E-state index in [1.807, 2.05) is 25.3 Å². The Kier molecular flexibility index (Phi) is 5.57. The molecule has 0 spiro atoms. The van der Waals surface area contributed by atoms with Gasteiger partial charge in [-0.2, -0.15) is 0 Å². The molecule has 1 aromatic heterocycles. The number of aromatic nitrogens is 1. The van der Waals surface area contributed by atoms with Gasteiger partial charge in [-0.05, 0) is 61.5 Å². The summed E-state index contributed by atoms with van der Waals surface area (Å²) in [6.45, 7) is 6.41. The van der Waals surface area contributed by atoms with Gasteiger partial charge in [0.15, 0.2) is 0 Å². The maximum Gasteiger partial charge on any atom is 0.247 e. The molecule has 4 nitrogen and oxygen atoms in total. The lowest BCUT2D eigenvalue weighted by molar-refractivity contribution is -0.111. The summed E-state index contributed by atoms with van der Waals surface area (Å²) in [5.41, 5.74) is 7.44. The molecule has 4 heteroatoms. The smallest absolute Gasteiger partial charge is 0.247 e. The Balaban J connectivity index is 1.94. The Labute approximate surface area is 160 Å². The van der Waals surface area contributed by atoms with Crippen molar-refractivity contribution in [3.8, 4) is 22.4 Å². The minimum Gasteiger partial charge on any atom is -0.361 e. The first-order chi connectivity index (χ1) is 13.0. The number of rotatable bonds is 6. The third kappa shape index (κ3) is 4.36. The van der Waals surface area contributed by atoms with Crippen LogP contribution in [0.4, 0.5) is 5.69 Å². The molecule has 138 valence electrons. The molecular weight excluding hydrogens is 334 g/mol. The summed E-state index contributed by atoms with van der Waals surface area (Å²) in [5.74, 6) is -0.207. The van der Waals surface area contributed by atoms with Gasteiger partial charge in [-0.3, -0.25) is 4.79 Å². The highest BCUT2D eigenvalue weighted by molar-refractivity contribution is 6.00. The molecule has 3 rings (SSSR count). The van der Waals surface area contributed by atoms with Crippen molar-refractivity contribution in [2.24, 2.45) is 0 Å². The zero-order valence-electron chi connectivity index (χ0n) is 16.0. The fourth-order valence-electron chi connectivity index (χ4n) is 3.10. The van der Waals surface area contributed by atoms with Gasteiger partial charge in [0.2, 0.25) is 5.91 Å². The molecule has 0 bridgehead atoms. The molecule has 0 radical (unpaired) electrons. The standard InChI is InChI=1S/C23H25N3O/c1-5-22(27)25-21-14-19(9-6-16(21)2)20-12-13-24-23(20)18-10-7-17(8-11-18)15-26(3)4/h5-14,24H,1,15H2,2-4H3,(H,25,27). The topological polar surface area (TPSA) is 48.1 Å². The number of hydrogen-bond acceptors (Lipinski definition) is 2. The first-order valence-electron chi connectivity index (χ1n) is 8.94. The lowest BCUT2D eigenvalue weighted by Gasteiger charge is -2.12. The van der Waals surface area contributed by atoms with Crippen LogP contribution in [0.1, 0.15) is 11.1 Å². The molecule has 1 heterocycles. The summed E-state index contributed by atoms with van der Waals surface area (Å²) in [6.07, 6.45) is 3.23. The SMILES string of the molecule is C=CC(=O)Nc1cc(-c2cc[nH]c2-c2ccc(CN(C)C)cc2)ccc1C. The van der Waals surface area contributed by atoms with Crippen molar-refractivity contribution in [1.29, 1.82) is 0 Å². The molecule has 0 unspecified atom stereocenters. The summed E-state index contributed by atoms with van der Waals surface area (Å²) < 4.78 is 0. The number of aromatic amines is 1. The number of H-pyrrole nitrogens is 1. The Bertz CT molecular complexity index is 952. The Morgan fingerprint density at radius 2 is 1.81 bits per heavy atom. The van der Waals surface area contributed by atoms with Crippen LogP contribution in [0.3, 0.4) is 0 Å². The first kappa shape index (κ1) is 18.7. The highest BCUT2D eigenvalue weighted by atomic mass is 16.1. The molecule has 0 aliphatic heterocycles. The van der Waals surface area contributed by atoms with Crippen LogP contribution in [0.5, 0.6) is 0 Å². The van der Waals surface area contributed by atoms with Crippen molar-refractivity contribution in [1.82, 2.24) is 9.88 Å². The number of amides is 1. The van der Waals surface area contributed by atoms with E-state index >= 15 is 0 Å². The van der Waals surface area contributed by atoms with E-state index in [1.54, 1.807) is 0 Å². The lowest BCUT2D eigenvalue weighted by atomic mass is 9.99. The van der Waals surface area contributed by atoms with Crippen molar-refractivity contribution < 1.29 is 4.79 Å². The number of nitrogens with zero attached hydrogens (tertiary/aromatic N) is 1. The van der Waals surface area contributed by atoms with Gasteiger partial charge in [-0.25, -0.2) is 0 Å². The summed E-state index contributed by atoms with van der Waals surface area (Å²) in [6, 6.07) is 16.8. The molecule has 2 N–H and O–H groups in total. The highest BCUT2D eigenvalue weighted by Crippen LogP contribution is 2.33. The van der Waals surface area contributed by atoms with Crippen molar-refractivity contribution in [2.75, 3.05) is 19.4 Å². The second-order valence-corrected chi connectivity index (χ2v) is 6.92. The van der Waals surface area contributed by atoms with Crippen molar-refractivity contribution >= 4 is 11.6 Å². The molecule has 3 aromatic rings. The molecule has 0 fully saturated rings. The normalized spacial score (nSPS) is 10.8. The third-order valence-electron chi connectivity index (χ3n) is 4.48. The van der Waals surface area contributed by atoms with Crippen LogP contribution in [-0.4, -0.2) is 29.9 Å². The predicted octanol–water partition coefficient (Wildman–Crippen LogP) is 4.84. The van der Waals surface area contributed by atoms with E-state index in [2.05, 4.69) is 72.3 Å². The van der Waals surface area contributed by atoms with E-state index in [9.17, 15) is 4.79 Å². The number of benzene rings is 2. The molecular formula is C23H25N3O. The van der Waals surface area contributed by atoms with Crippen LogP contribution in [0.25, 0.3) is 22.4 Å². The summed E-state index contributed by atoms with van der Waals surface area (Å²) in [7, 11) is 4.13. The number of aryl methyl sites for hydroxylation is 1. The van der Waals surface area contributed by atoms with E-state index in [0.717, 1.165) is 40.2 Å². The van der Waals surface area contributed by atoms with Gasteiger partial charge in [0.1, 0.15) is 0 Å². The molecule has 0 atom stereocenters. The molecule has 2 aromatic carbocycles. The number of hydrogen-bond donors (Lipinski definition) is 2. The van der Waals surface area contributed by atoms with Crippen LogP contribution in [-0.2, 0) is 11.3 Å². The molecule has 0 saturated carbocycles. The third-order valence-corrected chi connectivity index (χ3v) is 4.48. The van der Waals surface area contributed by atoms with Crippen LogP contribution >= 0.6 is 0 Å². The zero-order valence-corrected chi connectivity index (χ0v) is 16.0. The van der Waals surface area contributed by atoms with Gasteiger partial charge in [-0.1, -0.05) is 43.0 Å². The second kappa shape index (κ2) is 8.06. The summed E-state index contributed by atoms with van der Waals surface area (Å²) >= 11 is 0. The second-order valence-electron chi connectivity index (χ2n) is 6.92. The number of carbonyl (C=O) groups excluding carboxylic acids is 1. The van der Waals surface area contributed by atoms with Gasteiger partial charge < -0.3 is 15.2 Å². The summed E-state index contributed by atoms with van der Waals surface area (Å²) in [4.78, 5) is 17.2. The van der Waals surface area contributed by atoms with Crippen LogP contribution in [0.15, 0.2) is 67.4 Å². The Morgan fingerprint density at radius 3 is 2.48 bits per heavy atom. The molecule has 1 amide bonds. The quantitative estimate of drug-likeness (QED) is 0.619. The molecule has 0 aliphatic carbocycles. The van der Waals surface area contributed by atoms with E-state index in [-0.39, 0.29) is 5.91 Å². The van der Waals surface area contributed by atoms with Crippen LogP contribution in [0.2, 0.25) is 0 Å². The first-order valence-corrected chi connectivity index (χ1v) is 8.94. The average molecular weight is 359 g/mol. The van der Waals surface area contributed by atoms with Gasteiger partial charge in [0.05, 0.1) is 5.69 Å². The Hall–Kier alpha value is -3.11. The van der Waals surface area contributed by atoms with Gasteiger partial charge in [-0.15, -0.1) is 0 Å². The fraction of sp³-hybridized carbons (Fsp3) is 0.174. The fourth-order valence-corrected chi connectivity index (χ4v) is 3.10. The number of anilines is 1. The minimum absolute atomic E-state index is 0.207. The minimum atomic E-state index is -0.207. The van der Waals surface area contributed by atoms with E-state index in [0.29, 0.717) is 0 Å². The zero-order chi connectivity index (χ0) is 19.4. The molecule has 0 aliphatic rings. The maximum atomic E-state index is 11.7. The van der Waals surface area contributed by atoms with Gasteiger partial charge in [0.25, 0.3) is 0 Å². The van der Waals surface area contributed by atoms with Gasteiger partial charge >= 0.3 is 0 Å². The molecule has 0 saturated heterocycles.